The summed E-state index contributed by atoms with van der Waals surface area (Å²) < 4.78 is 37.1. The molecule has 1 aliphatic heterocycles. The number of aromatic nitrogens is 1. The number of hydrogen-bond donors (Lipinski definition) is 0. The minimum Gasteiger partial charge on any atom is -0.341 e. The van der Waals surface area contributed by atoms with Crippen molar-refractivity contribution in [1.82, 2.24) is 9.88 Å². The van der Waals surface area contributed by atoms with Gasteiger partial charge < -0.3 is 4.90 Å². The molecule has 2 heterocycles. The molecule has 0 spiro atoms. The number of aliphatic imine (C=N–C) groups is 1. The van der Waals surface area contributed by atoms with Crippen molar-refractivity contribution in [1.29, 1.82) is 0 Å². The van der Waals surface area contributed by atoms with E-state index in [1.807, 2.05) is 0 Å². The van der Waals surface area contributed by atoms with Gasteiger partial charge in [-0.3, -0.25) is 10.1 Å². The molecule has 10 heteroatoms. The molecule has 0 saturated heterocycles. The van der Waals surface area contributed by atoms with Crippen molar-refractivity contribution in [2.45, 2.75) is 12.7 Å². The summed E-state index contributed by atoms with van der Waals surface area (Å²) >= 11 is 0.517. The average molecular weight is 292 g/mol. The topological polar surface area (TPSA) is 71.6 Å². The van der Waals surface area contributed by atoms with Crippen LogP contribution in [0.15, 0.2) is 23.2 Å². The van der Waals surface area contributed by atoms with Crippen LogP contribution in [0.1, 0.15) is 9.88 Å². The quantitative estimate of drug-likeness (QED) is 0.632. The molecule has 0 atom stereocenters. The van der Waals surface area contributed by atoms with E-state index in [0.29, 0.717) is 22.8 Å². The lowest BCUT2D eigenvalue weighted by atomic mass is 10.4. The first-order valence-electron chi connectivity index (χ1n) is 5.01. The van der Waals surface area contributed by atoms with E-state index in [2.05, 4.69) is 9.98 Å². The van der Waals surface area contributed by atoms with Crippen molar-refractivity contribution in [3.8, 4) is 0 Å². The van der Waals surface area contributed by atoms with Crippen LogP contribution in [0.3, 0.4) is 0 Å². The van der Waals surface area contributed by atoms with Crippen molar-refractivity contribution in [2.24, 2.45) is 4.99 Å². The maximum absolute atomic E-state index is 12.4. The molecule has 0 fully saturated rings. The molecule has 19 heavy (non-hydrogen) atoms. The van der Waals surface area contributed by atoms with Gasteiger partial charge in [-0.2, -0.15) is 13.2 Å². The van der Waals surface area contributed by atoms with Gasteiger partial charge >= 0.3 is 6.18 Å². The molecule has 0 saturated carbocycles. The first-order chi connectivity index (χ1) is 8.86. The molecule has 0 N–H and O–H groups in total. The predicted octanol–water partition coefficient (Wildman–Crippen LogP) is 2.12. The third kappa shape index (κ3) is 3.28. The van der Waals surface area contributed by atoms with Crippen molar-refractivity contribution in [3.05, 3.63) is 38.2 Å². The Labute approximate surface area is 109 Å². The molecule has 0 bridgehead atoms. The van der Waals surface area contributed by atoms with Crippen molar-refractivity contribution < 1.29 is 18.1 Å². The number of rotatable bonds is 3. The van der Waals surface area contributed by atoms with Crippen LogP contribution in [0.25, 0.3) is 0 Å². The summed E-state index contributed by atoms with van der Waals surface area (Å²) in [6.45, 7) is 0.423. The van der Waals surface area contributed by atoms with Crippen LogP contribution in [-0.4, -0.2) is 27.6 Å². The number of halogens is 3. The number of hydrogen-bond acceptors (Lipinski definition) is 6. The molecule has 1 aromatic rings. The Morgan fingerprint density at radius 2 is 2.32 bits per heavy atom. The van der Waals surface area contributed by atoms with Gasteiger partial charge in [-0.25, -0.2) is 9.98 Å². The molecular formula is C9H7F3N4O2S. The Kier molecular flexibility index (Phi) is 3.51. The maximum atomic E-state index is 12.4. The molecule has 0 unspecified atom stereocenters. The Bertz CT molecular complexity index is 552. The van der Waals surface area contributed by atoms with E-state index in [4.69, 9.17) is 0 Å². The molecule has 0 radical (unpaired) electrons. The molecule has 102 valence electrons. The van der Waals surface area contributed by atoms with Crippen LogP contribution >= 0.6 is 11.3 Å². The number of nitro groups is 1. The monoisotopic (exact) mass is 292 g/mol. The highest BCUT2D eigenvalue weighted by molar-refractivity contribution is 7.11. The summed E-state index contributed by atoms with van der Waals surface area (Å²) in [4.78, 5) is 18.6. The fourth-order valence-electron chi connectivity index (χ4n) is 1.46. The fraction of sp³-hybridized carbons (Fsp3) is 0.333. The Morgan fingerprint density at radius 3 is 2.89 bits per heavy atom. The van der Waals surface area contributed by atoms with E-state index in [1.165, 1.54) is 11.1 Å². The minimum atomic E-state index is -4.47. The number of nitrogens with zero attached hydrogens (tertiary/aromatic N) is 4. The number of alkyl halides is 3. The van der Waals surface area contributed by atoms with Crippen LogP contribution in [0.4, 0.5) is 13.2 Å². The summed E-state index contributed by atoms with van der Waals surface area (Å²) in [6.07, 6.45) is -1.17. The fourth-order valence-corrected chi connectivity index (χ4v) is 2.26. The smallest absolute Gasteiger partial charge is 0.341 e. The van der Waals surface area contributed by atoms with Crippen LogP contribution in [0.5, 0.6) is 0 Å². The van der Waals surface area contributed by atoms with Gasteiger partial charge in [0, 0.05) is 17.3 Å². The number of thiazole rings is 1. The second kappa shape index (κ2) is 4.96. The lowest BCUT2D eigenvalue weighted by Gasteiger charge is -2.14. The Morgan fingerprint density at radius 1 is 1.58 bits per heavy atom. The molecule has 0 aromatic carbocycles. The van der Waals surface area contributed by atoms with E-state index in [9.17, 15) is 23.3 Å². The summed E-state index contributed by atoms with van der Waals surface area (Å²) in [7, 11) is 0. The SMILES string of the molecule is O=[N+]([O-])C=C1N=CCN1Cc1cnc(C(F)(F)F)s1. The standard InChI is InChI=1S/C9H7F3N4O2S/c10-9(11,12)8-14-3-6(19-8)4-15-2-1-13-7(15)5-16(17)18/h1,3,5H,2,4H2. The van der Waals surface area contributed by atoms with Crippen LogP contribution in [0.2, 0.25) is 0 Å². The molecule has 1 aromatic heterocycles. The normalized spacial score (nSPS) is 17.4. The highest BCUT2D eigenvalue weighted by atomic mass is 32.1. The Balaban J connectivity index is 2.10. The lowest BCUT2D eigenvalue weighted by molar-refractivity contribution is -0.404. The zero-order valence-corrected chi connectivity index (χ0v) is 10.1. The second-order valence-corrected chi connectivity index (χ2v) is 4.71. The molecular weight excluding hydrogens is 285 g/mol. The molecule has 2 rings (SSSR count). The van der Waals surface area contributed by atoms with Crippen LogP contribution < -0.4 is 0 Å². The van der Waals surface area contributed by atoms with E-state index in [0.717, 1.165) is 12.4 Å². The van der Waals surface area contributed by atoms with Gasteiger partial charge in [0.25, 0.3) is 6.20 Å². The van der Waals surface area contributed by atoms with Gasteiger partial charge in [-0.1, -0.05) is 0 Å². The van der Waals surface area contributed by atoms with Gasteiger partial charge in [0.15, 0.2) is 5.01 Å². The molecule has 1 aliphatic rings. The van der Waals surface area contributed by atoms with Crippen molar-refractivity contribution in [2.75, 3.05) is 6.54 Å². The zero-order valence-electron chi connectivity index (χ0n) is 9.29. The van der Waals surface area contributed by atoms with Crippen molar-refractivity contribution >= 4 is 17.6 Å². The van der Waals surface area contributed by atoms with E-state index in [1.54, 1.807) is 0 Å². The highest BCUT2D eigenvalue weighted by Gasteiger charge is 2.34. The maximum Gasteiger partial charge on any atom is 0.443 e. The summed E-state index contributed by atoms with van der Waals surface area (Å²) in [5.74, 6) is 0.118. The minimum absolute atomic E-state index is 0.105. The third-order valence-electron chi connectivity index (χ3n) is 2.21. The van der Waals surface area contributed by atoms with E-state index in [-0.39, 0.29) is 12.4 Å². The van der Waals surface area contributed by atoms with Gasteiger partial charge in [0.1, 0.15) is 0 Å². The first kappa shape index (κ1) is 13.5. The Hall–Kier alpha value is -1.97. The van der Waals surface area contributed by atoms with Gasteiger partial charge in [0.05, 0.1) is 18.0 Å². The summed E-state index contributed by atoms with van der Waals surface area (Å²) in [5, 5.41) is 9.43. The van der Waals surface area contributed by atoms with Crippen molar-refractivity contribution in [3.63, 3.8) is 0 Å². The van der Waals surface area contributed by atoms with Crippen LogP contribution in [-0.2, 0) is 12.7 Å². The van der Waals surface area contributed by atoms with E-state index >= 15 is 0 Å². The van der Waals surface area contributed by atoms with Gasteiger partial charge in [-0.05, 0) is 0 Å². The largest absolute Gasteiger partial charge is 0.443 e. The first-order valence-corrected chi connectivity index (χ1v) is 5.82. The van der Waals surface area contributed by atoms with Gasteiger partial charge in [0.2, 0.25) is 5.82 Å². The average Bonchev–Trinajstić information content (AvgIpc) is 2.88. The highest BCUT2D eigenvalue weighted by Crippen LogP contribution is 2.33. The molecule has 0 aliphatic carbocycles. The predicted molar refractivity (Wildman–Crippen MR) is 61.1 cm³/mol. The zero-order chi connectivity index (χ0) is 14.0. The summed E-state index contributed by atoms with van der Waals surface area (Å²) in [5.41, 5.74) is 0. The molecule has 0 amide bonds. The third-order valence-corrected chi connectivity index (χ3v) is 3.24. The van der Waals surface area contributed by atoms with E-state index < -0.39 is 16.1 Å². The molecule has 6 nitrogen and oxygen atoms in total. The second-order valence-electron chi connectivity index (χ2n) is 3.59. The van der Waals surface area contributed by atoms with Gasteiger partial charge in [-0.15, -0.1) is 11.3 Å². The lowest BCUT2D eigenvalue weighted by Crippen LogP contribution is -2.18. The van der Waals surface area contributed by atoms with Crippen LogP contribution in [0, 0.1) is 10.1 Å². The summed E-state index contributed by atoms with van der Waals surface area (Å²) in [6, 6.07) is 0.